The third kappa shape index (κ3) is 6.10. The summed E-state index contributed by atoms with van der Waals surface area (Å²) in [5, 5.41) is 0. The van der Waals surface area contributed by atoms with Gasteiger partial charge in [-0.05, 0) is 67.1 Å². The zero-order valence-corrected chi connectivity index (χ0v) is 16.6. The van der Waals surface area contributed by atoms with E-state index in [1.54, 1.807) is 0 Å². The first-order valence-electron chi connectivity index (χ1n) is 10.5. The van der Waals surface area contributed by atoms with Crippen LogP contribution in [0.4, 0.5) is 0 Å². The molecule has 2 atom stereocenters. The first kappa shape index (κ1) is 19.4. The summed E-state index contributed by atoms with van der Waals surface area (Å²) in [6.07, 6.45) is 7.46. The lowest BCUT2D eigenvalue weighted by atomic mass is 9.83. The summed E-state index contributed by atoms with van der Waals surface area (Å²) in [7, 11) is 0. The predicted molar refractivity (Wildman–Crippen MR) is 117 cm³/mol. The Balaban J connectivity index is 1.61. The van der Waals surface area contributed by atoms with E-state index in [9.17, 15) is 0 Å². The fraction of sp³-hybridized carbons (Fsp3) is 0.333. The van der Waals surface area contributed by atoms with Crippen molar-refractivity contribution in [1.82, 2.24) is 0 Å². The molecule has 0 aliphatic rings. The van der Waals surface area contributed by atoms with Crippen molar-refractivity contribution in [2.75, 3.05) is 0 Å². The predicted octanol–water partition coefficient (Wildman–Crippen LogP) is 7.77. The zero-order chi connectivity index (χ0) is 18.7. The van der Waals surface area contributed by atoms with Crippen LogP contribution >= 0.6 is 0 Å². The summed E-state index contributed by atoms with van der Waals surface area (Å²) in [4.78, 5) is 0. The van der Waals surface area contributed by atoms with Crippen LogP contribution in [0.2, 0.25) is 0 Å². The van der Waals surface area contributed by atoms with Gasteiger partial charge < -0.3 is 0 Å². The lowest BCUT2D eigenvalue weighted by Crippen LogP contribution is -2.04. The van der Waals surface area contributed by atoms with Crippen molar-refractivity contribution in [3.05, 3.63) is 108 Å². The highest BCUT2D eigenvalue weighted by Gasteiger charge is 2.15. The number of hydrogen-bond donors (Lipinski definition) is 0. The maximum Gasteiger partial charge on any atom is -0.0162 e. The molecule has 0 nitrogen and oxygen atoms in total. The van der Waals surface area contributed by atoms with Crippen LogP contribution in [0.1, 0.15) is 67.6 Å². The summed E-state index contributed by atoms with van der Waals surface area (Å²) in [5.41, 5.74) is 4.46. The van der Waals surface area contributed by atoms with Crippen molar-refractivity contribution in [3.8, 4) is 0 Å². The number of hydrogen-bond acceptors (Lipinski definition) is 0. The first-order valence-corrected chi connectivity index (χ1v) is 10.5. The van der Waals surface area contributed by atoms with E-state index in [0.717, 1.165) is 0 Å². The maximum absolute atomic E-state index is 2.32. The van der Waals surface area contributed by atoms with Crippen LogP contribution in [0.5, 0.6) is 0 Å². The topological polar surface area (TPSA) is 0 Å². The SMILES string of the molecule is CCC(CCC(CCCc1ccccc1)c1ccccc1)c1ccccc1. The van der Waals surface area contributed by atoms with Crippen LogP contribution in [0, 0.1) is 0 Å². The molecule has 140 valence electrons. The molecule has 3 aromatic carbocycles. The van der Waals surface area contributed by atoms with Crippen molar-refractivity contribution in [2.24, 2.45) is 0 Å². The molecule has 2 unspecified atom stereocenters. The molecule has 0 aliphatic heterocycles. The maximum atomic E-state index is 2.32. The standard InChI is InChI=1S/C27H32/c1-2-24(25-16-8-4-9-17-25)21-22-27(26-18-10-5-11-19-26)20-12-15-23-13-6-3-7-14-23/h3-11,13-14,16-19,24,27H,2,12,15,20-22H2,1H3. The van der Waals surface area contributed by atoms with Gasteiger partial charge in [0.15, 0.2) is 0 Å². The van der Waals surface area contributed by atoms with Crippen LogP contribution in [0.3, 0.4) is 0 Å². The smallest absolute Gasteiger partial charge is 0.0162 e. The summed E-state index contributed by atoms with van der Waals surface area (Å²) in [6.45, 7) is 2.32. The Hall–Kier alpha value is -2.34. The van der Waals surface area contributed by atoms with Crippen LogP contribution in [0.25, 0.3) is 0 Å². The van der Waals surface area contributed by atoms with Gasteiger partial charge in [0.2, 0.25) is 0 Å². The average Bonchev–Trinajstić information content (AvgIpc) is 2.75. The minimum Gasteiger partial charge on any atom is -0.0648 e. The average molecular weight is 357 g/mol. The molecular weight excluding hydrogens is 324 g/mol. The Morgan fingerprint density at radius 3 is 1.59 bits per heavy atom. The number of rotatable bonds is 10. The Bertz CT molecular complexity index is 746. The van der Waals surface area contributed by atoms with Gasteiger partial charge in [0.05, 0.1) is 0 Å². The molecule has 0 spiro atoms. The highest BCUT2D eigenvalue weighted by Crippen LogP contribution is 2.33. The quantitative estimate of drug-likeness (QED) is 0.348. The van der Waals surface area contributed by atoms with Crippen LogP contribution in [0.15, 0.2) is 91.0 Å². The first-order chi connectivity index (χ1) is 13.4. The molecular formula is C27H32. The summed E-state index contributed by atoms with van der Waals surface area (Å²) in [6, 6.07) is 33.1. The van der Waals surface area contributed by atoms with Gasteiger partial charge >= 0.3 is 0 Å². The van der Waals surface area contributed by atoms with Gasteiger partial charge in [0, 0.05) is 0 Å². The van der Waals surface area contributed by atoms with Crippen molar-refractivity contribution in [3.63, 3.8) is 0 Å². The van der Waals surface area contributed by atoms with Crippen molar-refractivity contribution in [2.45, 2.75) is 57.3 Å². The molecule has 0 N–H and O–H groups in total. The summed E-state index contributed by atoms with van der Waals surface area (Å²) >= 11 is 0. The molecule has 0 heteroatoms. The van der Waals surface area contributed by atoms with Gasteiger partial charge in [-0.25, -0.2) is 0 Å². The van der Waals surface area contributed by atoms with Gasteiger partial charge in [-0.15, -0.1) is 0 Å². The highest BCUT2D eigenvalue weighted by molar-refractivity contribution is 5.22. The Kier molecular flexibility index (Phi) is 7.71. The minimum atomic E-state index is 0.660. The van der Waals surface area contributed by atoms with E-state index >= 15 is 0 Å². The van der Waals surface area contributed by atoms with E-state index in [1.807, 2.05) is 0 Å². The molecule has 0 amide bonds. The fourth-order valence-corrected chi connectivity index (χ4v) is 4.13. The molecule has 0 heterocycles. The molecule has 0 bridgehead atoms. The molecule has 0 aromatic heterocycles. The monoisotopic (exact) mass is 356 g/mol. The summed E-state index contributed by atoms with van der Waals surface area (Å²) < 4.78 is 0. The summed E-state index contributed by atoms with van der Waals surface area (Å²) in [5.74, 6) is 1.33. The molecule has 27 heavy (non-hydrogen) atoms. The third-order valence-corrected chi connectivity index (χ3v) is 5.76. The van der Waals surface area contributed by atoms with Gasteiger partial charge in [-0.2, -0.15) is 0 Å². The van der Waals surface area contributed by atoms with Gasteiger partial charge in [-0.1, -0.05) is 97.9 Å². The lowest BCUT2D eigenvalue weighted by Gasteiger charge is -2.22. The zero-order valence-electron chi connectivity index (χ0n) is 16.6. The van der Waals surface area contributed by atoms with E-state index in [4.69, 9.17) is 0 Å². The molecule has 0 saturated carbocycles. The molecule has 0 saturated heterocycles. The molecule has 0 radical (unpaired) electrons. The largest absolute Gasteiger partial charge is 0.0648 e. The Labute approximate surface area is 165 Å². The van der Waals surface area contributed by atoms with Gasteiger partial charge in [-0.3, -0.25) is 0 Å². The molecule has 3 aromatic rings. The third-order valence-electron chi connectivity index (χ3n) is 5.76. The second kappa shape index (κ2) is 10.7. The van der Waals surface area contributed by atoms with E-state index in [0.29, 0.717) is 11.8 Å². The lowest BCUT2D eigenvalue weighted by molar-refractivity contribution is 0.486. The molecule has 0 aliphatic carbocycles. The normalized spacial score (nSPS) is 13.2. The van der Waals surface area contributed by atoms with E-state index in [1.165, 1.54) is 55.2 Å². The minimum absolute atomic E-state index is 0.660. The second-order valence-corrected chi connectivity index (χ2v) is 7.58. The van der Waals surface area contributed by atoms with E-state index in [-0.39, 0.29) is 0 Å². The van der Waals surface area contributed by atoms with Gasteiger partial charge in [0.25, 0.3) is 0 Å². The highest BCUT2D eigenvalue weighted by atomic mass is 14.2. The fourth-order valence-electron chi connectivity index (χ4n) is 4.13. The Morgan fingerprint density at radius 2 is 1.04 bits per heavy atom. The number of benzene rings is 3. The van der Waals surface area contributed by atoms with Crippen LogP contribution in [-0.2, 0) is 6.42 Å². The van der Waals surface area contributed by atoms with Gasteiger partial charge in [0.1, 0.15) is 0 Å². The van der Waals surface area contributed by atoms with Crippen LogP contribution in [-0.4, -0.2) is 0 Å². The number of aryl methyl sites for hydroxylation is 1. The molecule has 3 rings (SSSR count). The van der Waals surface area contributed by atoms with Crippen molar-refractivity contribution < 1.29 is 0 Å². The second-order valence-electron chi connectivity index (χ2n) is 7.58. The van der Waals surface area contributed by atoms with E-state index < -0.39 is 0 Å². The van der Waals surface area contributed by atoms with E-state index in [2.05, 4.69) is 97.9 Å². The van der Waals surface area contributed by atoms with Crippen molar-refractivity contribution in [1.29, 1.82) is 0 Å². The van der Waals surface area contributed by atoms with Crippen molar-refractivity contribution >= 4 is 0 Å². The van der Waals surface area contributed by atoms with Crippen LogP contribution < -0.4 is 0 Å². The Morgan fingerprint density at radius 1 is 0.556 bits per heavy atom. The molecule has 0 fully saturated rings.